The third-order valence-corrected chi connectivity index (χ3v) is 3.46. The Bertz CT molecular complexity index is 129. The van der Waals surface area contributed by atoms with Crippen LogP contribution in [0.25, 0.3) is 0 Å². The molecule has 0 bridgehead atoms. The largest absolute Gasteiger partial charge is 0.316 e. The molecule has 2 fully saturated rings. The van der Waals surface area contributed by atoms with Crippen LogP contribution in [0.4, 0.5) is 0 Å². The van der Waals surface area contributed by atoms with Gasteiger partial charge >= 0.3 is 0 Å². The molecule has 2 rings (SSSR count). The maximum absolute atomic E-state index is 3.37. The van der Waals surface area contributed by atoms with E-state index in [0.717, 1.165) is 17.8 Å². The third kappa shape index (κ3) is 1.58. The highest BCUT2D eigenvalue weighted by Gasteiger charge is 2.29. The van der Waals surface area contributed by atoms with E-state index in [2.05, 4.69) is 12.2 Å². The molecule has 0 amide bonds. The lowest BCUT2D eigenvalue weighted by atomic mass is 9.74. The summed E-state index contributed by atoms with van der Waals surface area (Å²) in [7, 11) is 0. The highest BCUT2D eigenvalue weighted by atomic mass is 14.9. The normalized spacial score (nSPS) is 40.1. The van der Waals surface area contributed by atoms with Crippen LogP contribution in [0.5, 0.6) is 0 Å². The fraction of sp³-hybridized carbons (Fsp3) is 1.00. The van der Waals surface area contributed by atoms with E-state index in [1.54, 1.807) is 0 Å². The molecule has 0 radical (unpaired) electrons. The molecule has 1 heteroatoms. The Morgan fingerprint density at radius 3 is 2.45 bits per heavy atom. The summed E-state index contributed by atoms with van der Waals surface area (Å²) in [5.41, 5.74) is 0. The highest BCUT2D eigenvalue weighted by molar-refractivity contribution is 4.84. The summed E-state index contributed by atoms with van der Waals surface area (Å²) >= 11 is 0. The first kappa shape index (κ1) is 7.60. The van der Waals surface area contributed by atoms with Crippen LogP contribution in [0.3, 0.4) is 0 Å². The van der Waals surface area contributed by atoms with Gasteiger partial charge in [0.1, 0.15) is 0 Å². The Morgan fingerprint density at radius 1 is 1.09 bits per heavy atom. The second-order valence-corrected chi connectivity index (χ2v) is 4.45. The lowest BCUT2D eigenvalue weighted by Gasteiger charge is -2.38. The Kier molecular flexibility index (Phi) is 2.17. The fourth-order valence-electron chi connectivity index (χ4n) is 2.55. The Hall–Kier alpha value is -0.0400. The van der Waals surface area contributed by atoms with E-state index >= 15 is 0 Å². The summed E-state index contributed by atoms with van der Waals surface area (Å²) in [5.74, 6) is 3.12. The molecule has 1 heterocycles. The predicted molar refractivity (Wildman–Crippen MR) is 47.5 cm³/mol. The minimum atomic E-state index is 1.01. The van der Waals surface area contributed by atoms with Crippen molar-refractivity contribution in [2.75, 3.05) is 13.1 Å². The third-order valence-electron chi connectivity index (χ3n) is 3.46. The smallest absolute Gasteiger partial charge is 0.000559 e. The molecule has 0 aromatic rings. The first-order chi connectivity index (χ1) is 5.36. The van der Waals surface area contributed by atoms with Crippen molar-refractivity contribution in [1.82, 2.24) is 5.32 Å². The molecule has 1 nitrogen and oxygen atoms in total. The van der Waals surface area contributed by atoms with Crippen molar-refractivity contribution in [2.45, 2.75) is 32.6 Å². The molecule has 0 aromatic heterocycles. The monoisotopic (exact) mass is 153 g/mol. The Labute approximate surface area is 69.6 Å². The van der Waals surface area contributed by atoms with Gasteiger partial charge in [-0.15, -0.1) is 0 Å². The van der Waals surface area contributed by atoms with E-state index in [0.29, 0.717) is 0 Å². The second-order valence-electron chi connectivity index (χ2n) is 4.45. The molecule has 0 spiro atoms. The SMILES string of the molecule is CC1CCCC(C2CNC2)C1. The lowest BCUT2D eigenvalue weighted by molar-refractivity contribution is 0.156. The number of hydrogen-bond acceptors (Lipinski definition) is 1. The minimum absolute atomic E-state index is 1.01. The van der Waals surface area contributed by atoms with Crippen LogP contribution < -0.4 is 5.32 Å². The van der Waals surface area contributed by atoms with Crippen molar-refractivity contribution in [3.8, 4) is 0 Å². The van der Waals surface area contributed by atoms with E-state index in [-0.39, 0.29) is 0 Å². The van der Waals surface area contributed by atoms with Crippen LogP contribution >= 0.6 is 0 Å². The molecule has 1 N–H and O–H groups in total. The molecule has 2 atom stereocenters. The summed E-state index contributed by atoms with van der Waals surface area (Å²) in [5, 5.41) is 3.37. The van der Waals surface area contributed by atoms with Crippen LogP contribution in [0, 0.1) is 17.8 Å². The lowest BCUT2D eigenvalue weighted by Crippen LogP contribution is -2.47. The molecule has 64 valence electrons. The van der Waals surface area contributed by atoms with Gasteiger partial charge in [0.05, 0.1) is 0 Å². The number of hydrogen-bond donors (Lipinski definition) is 1. The van der Waals surface area contributed by atoms with Gasteiger partial charge in [0, 0.05) is 0 Å². The number of rotatable bonds is 1. The van der Waals surface area contributed by atoms with Crippen molar-refractivity contribution in [2.24, 2.45) is 17.8 Å². The van der Waals surface area contributed by atoms with Gasteiger partial charge in [-0.25, -0.2) is 0 Å². The first-order valence-corrected chi connectivity index (χ1v) is 5.07. The molecule has 1 aliphatic carbocycles. The first-order valence-electron chi connectivity index (χ1n) is 5.07. The molecule has 2 aliphatic rings. The molecule has 1 saturated carbocycles. The molecule has 11 heavy (non-hydrogen) atoms. The Morgan fingerprint density at radius 2 is 1.91 bits per heavy atom. The van der Waals surface area contributed by atoms with Crippen molar-refractivity contribution >= 4 is 0 Å². The van der Waals surface area contributed by atoms with Gasteiger partial charge < -0.3 is 5.32 Å². The standard InChI is InChI=1S/C10H19N/c1-8-3-2-4-9(5-8)10-6-11-7-10/h8-11H,2-7H2,1H3. The summed E-state index contributed by atoms with van der Waals surface area (Å²) in [6.07, 6.45) is 5.99. The van der Waals surface area contributed by atoms with Crippen LogP contribution in [0.2, 0.25) is 0 Å². The predicted octanol–water partition coefficient (Wildman–Crippen LogP) is 2.03. The summed E-state index contributed by atoms with van der Waals surface area (Å²) < 4.78 is 0. The van der Waals surface area contributed by atoms with E-state index in [4.69, 9.17) is 0 Å². The average molecular weight is 153 g/mol. The zero-order valence-corrected chi connectivity index (χ0v) is 7.47. The second kappa shape index (κ2) is 3.14. The maximum atomic E-state index is 3.37. The zero-order chi connectivity index (χ0) is 7.68. The van der Waals surface area contributed by atoms with Gasteiger partial charge in [0.25, 0.3) is 0 Å². The van der Waals surface area contributed by atoms with Gasteiger partial charge in [0.15, 0.2) is 0 Å². The van der Waals surface area contributed by atoms with Crippen molar-refractivity contribution in [1.29, 1.82) is 0 Å². The summed E-state index contributed by atoms with van der Waals surface area (Å²) in [4.78, 5) is 0. The van der Waals surface area contributed by atoms with E-state index in [1.807, 2.05) is 0 Å². The maximum Gasteiger partial charge on any atom is -0.000559 e. The Balaban J connectivity index is 1.82. The molecule has 1 aliphatic heterocycles. The molecule has 2 unspecified atom stereocenters. The zero-order valence-electron chi connectivity index (χ0n) is 7.47. The molecule has 0 aromatic carbocycles. The van der Waals surface area contributed by atoms with Gasteiger partial charge in [-0.05, 0) is 37.3 Å². The van der Waals surface area contributed by atoms with E-state index < -0.39 is 0 Å². The van der Waals surface area contributed by atoms with Crippen molar-refractivity contribution in [3.05, 3.63) is 0 Å². The van der Waals surface area contributed by atoms with Gasteiger partial charge in [0.2, 0.25) is 0 Å². The van der Waals surface area contributed by atoms with Gasteiger partial charge in [-0.2, -0.15) is 0 Å². The molecular formula is C10H19N. The average Bonchev–Trinajstić information content (AvgIpc) is 1.83. The van der Waals surface area contributed by atoms with Crippen LogP contribution in [-0.2, 0) is 0 Å². The molecule has 1 saturated heterocycles. The highest BCUT2D eigenvalue weighted by Crippen LogP contribution is 2.34. The van der Waals surface area contributed by atoms with Crippen molar-refractivity contribution < 1.29 is 0 Å². The summed E-state index contributed by atoms with van der Waals surface area (Å²) in [6.45, 7) is 5.02. The topological polar surface area (TPSA) is 12.0 Å². The van der Waals surface area contributed by atoms with E-state index in [1.165, 1.54) is 38.8 Å². The van der Waals surface area contributed by atoms with E-state index in [9.17, 15) is 0 Å². The van der Waals surface area contributed by atoms with Crippen LogP contribution in [0.15, 0.2) is 0 Å². The van der Waals surface area contributed by atoms with Gasteiger partial charge in [-0.1, -0.05) is 26.2 Å². The van der Waals surface area contributed by atoms with Crippen molar-refractivity contribution in [3.63, 3.8) is 0 Å². The minimum Gasteiger partial charge on any atom is -0.316 e. The van der Waals surface area contributed by atoms with Gasteiger partial charge in [-0.3, -0.25) is 0 Å². The molecular weight excluding hydrogens is 134 g/mol. The van der Waals surface area contributed by atoms with Crippen LogP contribution in [-0.4, -0.2) is 13.1 Å². The fourth-order valence-corrected chi connectivity index (χ4v) is 2.55. The summed E-state index contributed by atoms with van der Waals surface area (Å²) in [6, 6.07) is 0. The quantitative estimate of drug-likeness (QED) is 0.608. The number of nitrogens with one attached hydrogen (secondary N) is 1. The van der Waals surface area contributed by atoms with Crippen LogP contribution in [0.1, 0.15) is 32.6 Å².